The summed E-state index contributed by atoms with van der Waals surface area (Å²) in [6, 6.07) is 9.38. The summed E-state index contributed by atoms with van der Waals surface area (Å²) in [5.41, 5.74) is 8.78. The third kappa shape index (κ3) is 4.52. The first-order valence-electron chi connectivity index (χ1n) is 7.44. The number of ether oxygens (including phenoxy) is 2. The maximum atomic E-state index is 10.9. The first-order chi connectivity index (χ1) is 11.4. The van der Waals surface area contributed by atoms with Gasteiger partial charge in [0.1, 0.15) is 18.1 Å². The number of halogens is 1. The number of aryl methyl sites for hydroxylation is 2. The lowest BCUT2D eigenvalue weighted by Crippen LogP contribution is -2.05. The number of hydrogen-bond donors (Lipinski definition) is 1. The second-order valence-electron chi connectivity index (χ2n) is 5.47. The van der Waals surface area contributed by atoms with Crippen molar-refractivity contribution in [1.82, 2.24) is 0 Å². The molecule has 0 heterocycles. The van der Waals surface area contributed by atoms with Crippen LogP contribution in [0.5, 0.6) is 11.5 Å². The summed E-state index contributed by atoms with van der Waals surface area (Å²) < 4.78 is 11.2. The summed E-state index contributed by atoms with van der Waals surface area (Å²) in [6.45, 7) is 4.22. The summed E-state index contributed by atoms with van der Waals surface area (Å²) >= 11 is 6.17. The van der Waals surface area contributed by atoms with Gasteiger partial charge in [0, 0.05) is 16.7 Å². The molecule has 126 valence electrons. The van der Waals surface area contributed by atoms with E-state index in [9.17, 15) is 4.79 Å². The molecule has 4 nitrogen and oxygen atoms in total. The van der Waals surface area contributed by atoms with E-state index in [4.69, 9.17) is 26.8 Å². The lowest BCUT2D eigenvalue weighted by atomic mass is 10.1. The number of nitrogens with two attached hydrogens (primary N) is 1. The summed E-state index contributed by atoms with van der Waals surface area (Å²) in [5, 5.41) is 0.749. The third-order valence-electron chi connectivity index (χ3n) is 3.55. The normalized spacial score (nSPS) is 10.8. The Labute approximate surface area is 146 Å². The maximum Gasteiger partial charge on any atom is 0.241 e. The van der Waals surface area contributed by atoms with Gasteiger partial charge in [0.25, 0.3) is 0 Å². The van der Waals surface area contributed by atoms with Gasteiger partial charge in [0.2, 0.25) is 5.91 Å². The topological polar surface area (TPSA) is 61.5 Å². The van der Waals surface area contributed by atoms with Crippen molar-refractivity contribution in [1.29, 1.82) is 0 Å². The molecule has 0 radical (unpaired) electrons. The van der Waals surface area contributed by atoms with Crippen LogP contribution in [0.4, 0.5) is 0 Å². The average molecular weight is 346 g/mol. The monoisotopic (exact) mass is 345 g/mol. The Hall–Kier alpha value is -2.46. The van der Waals surface area contributed by atoms with E-state index >= 15 is 0 Å². The van der Waals surface area contributed by atoms with Crippen LogP contribution in [0.2, 0.25) is 5.02 Å². The van der Waals surface area contributed by atoms with Gasteiger partial charge in [-0.15, -0.1) is 0 Å². The van der Waals surface area contributed by atoms with Crippen LogP contribution in [0.3, 0.4) is 0 Å². The number of amides is 1. The molecule has 2 aromatic rings. The predicted molar refractivity (Wildman–Crippen MR) is 96.5 cm³/mol. The van der Waals surface area contributed by atoms with Crippen molar-refractivity contribution in [3.63, 3.8) is 0 Å². The number of rotatable bonds is 6. The molecule has 0 saturated carbocycles. The molecule has 2 rings (SSSR count). The molecular formula is C19H20ClNO3. The summed E-state index contributed by atoms with van der Waals surface area (Å²) in [7, 11) is 1.61. The molecule has 0 aliphatic heterocycles. The first kappa shape index (κ1) is 17.9. The Kier molecular flexibility index (Phi) is 5.88. The third-order valence-corrected chi connectivity index (χ3v) is 4.14. The molecule has 0 fully saturated rings. The Balaban J connectivity index is 2.21. The number of carbonyl (C=O) groups is 1. The van der Waals surface area contributed by atoms with Gasteiger partial charge >= 0.3 is 0 Å². The van der Waals surface area contributed by atoms with Gasteiger partial charge in [-0.1, -0.05) is 17.7 Å². The number of methoxy groups -OCH3 is 1. The van der Waals surface area contributed by atoms with Crippen molar-refractivity contribution in [3.8, 4) is 11.5 Å². The van der Waals surface area contributed by atoms with Crippen molar-refractivity contribution in [2.45, 2.75) is 20.5 Å². The molecule has 0 unspecified atom stereocenters. The highest BCUT2D eigenvalue weighted by Gasteiger charge is 2.07. The molecule has 24 heavy (non-hydrogen) atoms. The van der Waals surface area contributed by atoms with Gasteiger partial charge in [0.05, 0.1) is 7.11 Å². The van der Waals surface area contributed by atoms with Gasteiger partial charge in [-0.3, -0.25) is 4.79 Å². The number of benzene rings is 2. The molecule has 1 amide bonds. The molecule has 0 bridgehead atoms. The van der Waals surface area contributed by atoms with E-state index in [1.807, 2.05) is 44.2 Å². The zero-order valence-corrected chi connectivity index (χ0v) is 14.7. The van der Waals surface area contributed by atoms with Gasteiger partial charge in [0.15, 0.2) is 0 Å². The Morgan fingerprint density at radius 3 is 2.46 bits per heavy atom. The molecule has 2 N–H and O–H groups in total. The van der Waals surface area contributed by atoms with Gasteiger partial charge in [-0.05, 0) is 60.9 Å². The van der Waals surface area contributed by atoms with E-state index in [1.165, 1.54) is 6.08 Å². The summed E-state index contributed by atoms with van der Waals surface area (Å²) in [4.78, 5) is 10.9. The van der Waals surface area contributed by atoms with E-state index in [2.05, 4.69) is 0 Å². The zero-order valence-electron chi connectivity index (χ0n) is 13.9. The molecule has 0 aliphatic carbocycles. The lowest BCUT2D eigenvalue weighted by Gasteiger charge is -2.13. The molecule has 0 aromatic heterocycles. The quantitative estimate of drug-likeness (QED) is 0.803. The van der Waals surface area contributed by atoms with Crippen LogP contribution in [-0.4, -0.2) is 13.0 Å². The van der Waals surface area contributed by atoms with E-state index in [1.54, 1.807) is 13.2 Å². The van der Waals surface area contributed by atoms with Crippen molar-refractivity contribution in [3.05, 3.63) is 63.7 Å². The standard InChI is InChI=1S/C19H20ClNO3/c1-12-8-16(9-13(2)19(12)20)24-11-15-10-14(5-7-18(21)22)4-6-17(15)23-3/h4-10H,11H2,1-3H3,(H2,21,22)/b7-5-. The molecule has 0 atom stereocenters. The highest BCUT2D eigenvalue weighted by Crippen LogP contribution is 2.28. The van der Waals surface area contributed by atoms with E-state index in [0.717, 1.165) is 33.0 Å². The first-order valence-corrected chi connectivity index (χ1v) is 7.82. The summed E-state index contributed by atoms with van der Waals surface area (Å²) in [5.74, 6) is 0.971. The smallest absolute Gasteiger partial charge is 0.241 e. The molecule has 0 saturated heterocycles. The van der Waals surface area contributed by atoms with Gasteiger partial charge in [-0.2, -0.15) is 0 Å². The van der Waals surface area contributed by atoms with Crippen molar-refractivity contribution in [2.24, 2.45) is 5.73 Å². The Morgan fingerprint density at radius 1 is 1.21 bits per heavy atom. The Bertz CT molecular complexity index is 761. The van der Waals surface area contributed by atoms with Crippen LogP contribution >= 0.6 is 11.6 Å². The highest BCUT2D eigenvalue weighted by molar-refractivity contribution is 6.32. The largest absolute Gasteiger partial charge is 0.496 e. The SMILES string of the molecule is COc1ccc(/C=C\C(N)=O)cc1COc1cc(C)c(Cl)c(C)c1. The van der Waals surface area contributed by atoms with Crippen molar-refractivity contribution >= 4 is 23.6 Å². The predicted octanol–water partition coefficient (Wildman–Crippen LogP) is 4.04. The van der Waals surface area contributed by atoms with Gasteiger partial charge in [-0.25, -0.2) is 0 Å². The fraction of sp³-hybridized carbons (Fsp3) is 0.211. The number of hydrogen-bond acceptors (Lipinski definition) is 3. The molecular weight excluding hydrogens is 326 g/mol. The second-order valence-corrected chi connectivity index (χ2v) is 5.84. The molecule has 5 heteroatoms. The minimum absolute atomic E-state index is 0.335. The zero-order chi connectivity index (χ0) is 17.7. The minimum Gasteiger partial charge on any atom is -0.496 e. The second kappa shape index (κ2) is 7.88. The van der Waals surface area contributed by atoms with Crippen molar-refractivity contribution in [2.75, 3.05) is 7.11 Å². The van der Waals surface area contributed by atoms with E-state index in [0.29, 0.717) is 12.4 Å². The van der Waals surface area contributed by atoms with Crippen molar-refractivity contribution < 1.29 is 14.3 Å². The van der Waals surface area contributed by atoms with Crippen LogP contribution in [0.1, 0.15) is 22.3 Å². The van der Waals surface area contributed by atoms with E-state index < -0.39 is 5.91 Å². The molecule has 2 aromatic carbocycles. The molecule has 0 aliphatic rings. The Morgan fingerprint density at radius 2 is 1.88 bits per heavy atom. The van der Waals surface area contributed by atoms with Crippen LogP contribution in [0.15, 0.2) is 36.4 Å². The van der Waals surface area contributed by atoms with E-state index in [-0.39, 0.29) is 0 Å². The van der Waals surface area contributed by atoms with Crippen LogP contribution < -0.4 is 15.2 Å². The number of carbonyl (C=O) groups excluding carboxylic acids is 1. The van der Waals surface area contributed by atoms with Crippen LogP contribution in [-0.2, 0) is 11.4 Å². The fourth-order valence-corrected chi connectivity index (χ4v) is 2.45. The molecule has 0 spiro atoms. The highest BCUT2D eigenvalue weighted by atomic mass is 35.5. The number of primary amides is 1. The van der Waals surface area contributed by atoms with Gasteiger partial charge < -0.3 is 15.2 Å². The fourth-order valence-electron chi connectivity index (χ4n) is 2.34. The average Bonchev–Trinajstić information content (AvgIpc) is 2.55. The van der Waals surface area contributed by atoms with Crippen LogP contribution in [0, 0.1) is 13.8 Å². The maximum absolute atomic E-state index is 10.9. The van der Waals surface area contributed by atoms with Crippen LogP contribution in [0.25, 0.3) is 6.08 Å². The lowest BCUT2D eigenvalue weighted by molar-refractivity contribution is -0.113. The summed E-state index contributed by atoms with van der Waals surface area (Å²) in [6.07, 6.45) is 2.97. The minimum atomic E-state index is -0.490.